The van der Waals surface area contributed by atoms with Gasteiger partial charge in [0.05, 0.1) is 15.7 Å². The Hall–Kier alpha value is -3.02. The maximum absolute atomic E-state index is 12.9. The van der Waals surface area contributed by atoms with Crippen LogP contribution in [0.25, 0.3) is 0 Å². The number of anilines is 1. The van der Waals surface area contributed by atoms with E-state index in [0.29, 0.717) is 17.9 Å². The minimum Gasteiger partial charge on any atom is -0.452 e. The first kappa shape index (κ1) is 24.6. The molecule has 10 nitrogen and oxygen atoms in total. The summed E-state index contributed by atoms with van der Waals surface area (Å²) < 4.78 is 32.3. The minimum absolute atomic E-state index is 0.0201. The van der Waals surface area contributed by atoms with E-state index in [1.807, 2.05) is 0 Å². The fourth-order valence-electron chi connectivity index (χ4n) is 3.41. The molecule has 0 radical (unpaired) electrons. The summed E-state index contributed by atoms with van der Waals surface area (Å²) in [6.07, 6.45) is -0.381. The second-order valence-corrected chi connectivity index (χ2v) is 9.87. The number of esters is 1. The molecule has 1 aliphatic rings. The average Bonchev–Trinajstić information content (AvgIpc) is 2.79. The van der Waals surface area contributed by atoms with Crippen molar-refractivity contribution in [3.05, 3.63) is 63.7 Å². The van der Waals surface area contributed by atoms with Gasteiger partial charge >= 0.3 is 5.97 Å². The van der Waals surface area contributed by atoms with Gasteiger partial charge in [0.2, 0.25) is 10.0 Å². The molecule has 2 atom stereocenters. The van der Waals surface area contributed by atoms with Gasteiger partial charge in [0.25, 0.3) is 11.6 Å². The van der Waals surface area contributed by atoms with Crippen molar-refractivity contribution in [2.24, 2.45) is 5.92 Å². The van der Waals surface area contributed by atoms with Crippen molar-refractivity contribution in [2.45, 2.75) is 30.8 Å². The highest BCUT2D eigenvalue weighted by atomic mass is 35.5. The number of carbonyl (C=O) groups excluding carboxylic acids is 2. The van der Waals surface area contributed by atoms with Crippen LogP contribution in [0.3, 0.4) is 0 Å². The van der Waals surface area contributed by atoms with Crippen molar-refractivity contribution < 1.29 is 27.7 Å². The number of halogens is 1. The van der Waals surface area contributed by atoms with Crippen molar-refractivity contribution >= 4 is 44.9 Å². The highest BCUT2D eigenvalue weighted by Crippen LogP contribution is 2.26. The first-order chi connectivity index (χ1) is 15.6. The number of carbonyl (C=O) groups is 2. The second kappa shape index (κ2) is 10.3. The number of nitro benzene ring substituents is 1. The van der Waals surface area contributed by atoms with Gasteiger partial charge in [-0.1, -0.05) is 23.7 Å². The van der Waals surface area contributed by atoms with Gasteiger partial charge in [0, 0.05) is 24.2 Å². The Labute approximate surface area is 195 Å². The second-order valence-electron chi connectivity index (χ2n) is 7.50. The van der Waals surface area contributed by atoms with Gasteiger partial charge in [-0.2, -0.15) is 4.31 Å². The Kier molecular flexibility index (Phi) is 7.67. The average molecular weight is 496 g/mol. The maximum Gasteiger partial charge on any atom is 0.311 e. The van der Waals surface area contributed by atoms with Crippen LogP contribution in [0, 0.1) is 16.0 Å². The molecule has 0 aromatic heterocycles. The number of hydrogen-bond donors (Lipinski definition) is 1. The number of piperidine rings is 1. The molecule has 2 aromatic rings. The number of amides is 1. The zero-order chi connectivity index (χ0) is 24.2. The fraction of sp³-hybridized carbons (Fsp3) is 0.333. The van der Waals surface area contributed by atoms with Crippen molar-refractivity contribution in [3.63, 3.8) is 0 Å². The number of nitrogens with one attached hydrogen (secondary N) is 1. The SMILES string of the molecule is CC(OC(=O)C1CCCN(S(=O)(=O)c2ccc(Cl)cc2)C1)C(=O)Nc1ccccc1[N+](=O)[O-]. The van der Waals surface area contributed by atoms with Crippen LogP contribution in [0.4, 0.5) is 11.4 Å². The summed E-state index contributed by atoms with van der Waals surface area (Å²) in [5.74, 6) is -2.20. The first-order valence-corrected chi connectivity index (χ1v) is 11.9. The number of ether oxygens (including phenoxy) is 1. The zero-order valence-corrected chi connectivity index (χ0v) is 19.2. The van der Waals surface area contributed by atoms with E-state index in [1.165, 1.54) is 59.8 Å². The molecule has 0 aliphatic carbocycles. The summed E-state index contributed by atoms with van der Waals surface area (Å²) in [5, 5.41) is 13.9. The highest BCUT2D eigenvalue weighted by molar-refractivity contribution is 7.89. The van der Waals surface area contributed by atoms with E-state index in [1.54, 1.807) is 0 Å². The summed E-state index contributed by atoms with van der Waals surface area (Å²) >= 11 is 5.83. The number of para-hydroxylation sites is 2. The van der Waals surface area contributed by atoms with E-state index < -0.39 is 38.8 Å². The molecule has 2 aromatic carbocycles. The number of hydrogen-bond acceptors (Lipinski definition) is 7. The zero-order valence-electron chi connectivity index (χ0n) is 17.6. The van der Waals surface area contributed by atoms with Crippen LogP contribution in [-0.2, 0) is 24.3 Å². The van der Waals surface area contributed by atoms with E-state index in [4.69, 9.17) is 16.3 Å². The van der Waals surface area contributed by atoms with Gasteiger partial charge in [-0.25, -0.2) is 8.42 Å². The van der Waals surface area contributed by atoms with Crippen LogP contribution in [0.1, 0.15) is 19.8 Å². The fourth-order valence-corrected chi connectivity index (χ4v) is 5.06. The Bertz CT molecular complexity index is 1150. The van der Waals surface area contributed by atoms with Gasteiger partial charge in [0.1, 0.15) is 5.69 Å². The van der Waals surface area contributed by atoms with E-state index >= 15 is 0 Å². The van der Waals surface area contributed by atoms with Crippen molar-refractivity contribution in [2.75, 3.05) is 18.4 Å². The Morgan fingerprint density at radius 1 is 1.21 bits per heavy atom. The minimum atomic E-state index is -3.82. The molecule has 3 rings (SSSR count). The molecule has 0 spiro atoms. The molecule has 1 heterocycles. The number of nitro groups is 1. The summed E-state index contributed by atoms with van der Waals surface area (Å²) in [7, 11) is -3.82. The standard InChI is InChI=1S/C21H22ClN3O7S/c1-14(20(26)23-18-6-2-3-7-19(18)25(28)29)32-21(27)15-5-4-12-24(13-15)33(30,31)17-10-8-16(22)9-11-17/h2-3,6-11,14-15H,4-5,12-13H2,1H3,(H,23,26). The third-order valence-corrected chi connectivity index (χ3v) is 7.32. The summed E-state index contributed by atoms with van der Waals surface area (Å²) in [4.78, 5) is 35.6. The molecule has 1 saturated heterocycles. The van der Waals surface area contributed by atoms with E-state index in [0.717, 1.165) is 0 Å². The van der Waals surface area contributed by atoms with Gasteiger partial charge in [-0.3, -0.25) is 19.7 Å². The lowest BCUT2D eigenvalue weighted by Crippen LogP contribution is -2.44. The molecule has 1 N–H and O–H groups in total. The largest absolute Gasteiger partial charge is 0.452 e. The third-order valence-electron chi connectivity index (χ3n) is 5.19. The number of sulfonamides is 1. The van der Waals surface area contributed by atoms with Crippen molar-refractivity contribution in [3.8, 4) is 0 Å². The normalized spacial score (nSPS) is 17.7. The Morgan fingerprint density at radius 2 is 1.88 bits per heavy atom. The van der Waals surface area contributed by atoms with E-state index in [2.05, 4.69) is 5.32 Å². The molecule has 12 heteroatoms. The highest BCUT2D eigenvalue weighted by Gasteiger charge is 2.35. The van der Waals surface area contributed by atoms with Gasteiger partial charge in [-0.05, 0) is 50.1 Å². The van der Waals surface area contributed by atoms with Crippen LogP contribution >= 0.6 is 11.6 Å². The van der Waals surface area contributed by atoms with Gasteiger partial charge in [0.15, 0.2) is 6.10 Å². The lowest BCUT2D eigenvalue weighted by atomic mass is 10.00. The summed E-state index contributed by atoms with van der Waals surface area (Å²) in [5.41, 5.74) is -0.312. The summed E-state index contributed by atoms with van der Waals surface area (Å²) in [6, 6.07) is 11.3. The van der Waals surface area contributed by atoms with Crippen LogP contribution in [0.2, 0.25) is 5.02 Å². The Morgan fingerprint density at radius 3 is 2.55 bits per heavy atom. The number of benzene rings is 2. The van der Waals surface area contributed by atoms with Crippen molar-refractivity contribution in [1.82, 2.24) is 4.31 Å². The first-order valence-electron chi connectivity index (χ1n) is 10.1. The molecular weight excluding hydrogens is 474 g/mol. The number of rotatable bonds is 7. The van der Waals surface area contributed by atoms with Gasteiger partial charge < -0.3 is 10.1 Å². The molecule has 1 fully saturated rings. The number of nitrogens with zero attached hydrogens (tertiary/aromatic N) is 2. The van der Waals surface area contributed by atoms with E-state index in [-0.39, 0.29) is 29.4 Å². The predicted octanol–water partition coefficient (Wildman–Crippen LogP) is 3.22. The summed E-state index contributed by atoms with van der Waals surface area (Å²) in [6.45, 7) is 1.51. The molecule has 176 valence electrons. The van der Waals surface area contributed by atoms with Crippen LogP contribution in [0.5, 0.6) is 0 Å². The predicted molar refractivity (Wildman–Crippen MR) is 120 cm³/mol. The molecule has 2 unspecified atom stereocenters. The smallest absolute Gasteiger partial charge is 0.311 e. The molecule has 0 saturated carbocycles. The van der Waals surface area contributed by atoms with Gasteiger partial charge in [-0.15, -0.1) is 0 Å². The maximum atomic E-state index is 12.9. The van der Waals surface area contributed by atoms with Crippen molar-refractivity contribution in [1.29, 1.82) is 0 Å². The van der Waals surface area contributed by atoms with Crippen LogP contribution in [0.15, 0.2) is 53.4 Å². The monoisotopic (exact) mass is 495 g/mol. The quantitative estimate of drug-likeness (QED) is 0.353. The lowest BCUT2D eigenvalue weighted by Gasteiger charge is -2.31. The van der Waals surface area contributed by atoms with E-state index in [9.17, 15) is 28.1 Å². The molecule has 33 heavy (non-hydrogen) atoms. The van der Waals surface area contributed by atoms with Crippen LogP contribution in [-0.4, -0.2) is 48.7 Å². The third kappa shape index (κ3) is 5.86. The Balaban J connectivity index is 1.63. The molecule has 1 aliphatic heterocycles. The lowest BCUT2D eigenvalue weighted by molar-refractivity contribution is -0.383. The molecular formula is C21H22ClN3O7S. The van der Waals surface area contributed by atoms with Crippen LogP contribution < -0.4 is 5.32 Å². The topological polar surface area (TPSA) is 136 Å². The molecule has 0 bridgehead atoms. The molecule has 1 amide bonds.